The molecule has 1 aliphatic rings. The second-order valence-electron chi connectivity index (χ2n) is 9.45. The van der Waals surface area contributed by atoms with E-state index in [1.807, 2.05) is 24.3 Å². The molecule has 0 aliphatic carbocycles. The van der Waals surface area contributed by atoms with Crippen LogP contribution in [0.5, 0.6) is 0 Å². The molecule has 4 rings (SSSR count). The van der Waals surface area contributed by atoms with Crippen LogP contribution in [0.1, 0.15) is 30.4 Å². The Bertz CT molecular complexity index is 1230. The number of likely N-dealkylation sites (tertiary alicyclic amines) is 1. The summed E-state index contributed by atoms with van der Waals surface area (Å²) in [6.07, 6.45) is 4.00. The molecule has 2 aromatic carbocycles. The molecule has 0 saturated carbocycles. The Balaban J connectivity index is 1.12. The molecule has 35 heavy (non-hydrogen) atoms. The monoisotopic (exact) mass is 474 g/mol. The molecule has 0 atom stereocenters. The van der Waals surface area contributed by atoms with Gasteiger partial charge in [0.2, 0.25) is 11.8 Å². The first-order valence-corrected chi connectivity index (χ1v) is 12.4. The number of fused-ring (bicyclic) bond motifs is 1. The summed E-state index contributed by atoms with van der Waals surface area (Å²) < 4.78 is 1.39. The van der Waals surface area contributed by atoms with E-state index in [1.165, 1.54) is 15.7 Å². The lowest BCUT2D eigenvalue weighted by Gasteiger charge is -2.32. The van der Waals surface area contributed by atoms with E-state index in [4.69, 9.17) is 0 Å². The molecule has 0 unspecified atom stereocenters. The Hall–Kier alpha value is -3.45. The number of rotatable bonds is 9. The lowest BCUT2D eigenvalue weighted by Crippen LogP contribution is -2.39. The van der Waals surface area contributed by atoms with E-state index in [2.05, 4.69) is 46.7 Å². The van der Waals surface area contributed by atoms with Crippen molar-refractivity contribution in [2.75, 3.05) is 26.2 Å². The van der Waals surface area contributed by atoms with Gasteiger partial charge < -0.3 is 15.2 Å². The number of hydrogen-bond donors (Lipinski definition) is 2. The molecular weight excluding hydrogens is 440 g/mol. The van der Waals surface area contributed by atoms with Crippen molar-refractivity contribution < 1.29 is 9.59 Å². The van der Waals surface area contributed by atoms with Crippen molar-refractivity contribution in [1.82, 2.24) is 20.1 Å². The van der Waals surface area contributed by atoms with Gasteiger partial charge in [-0.05, 0) is 61.9 Å². The third kappa shape index (κ3) is 7.02. The van der Waals surface area contributed by atoms with Crippen molar-refractivity contribution in [2.45, 2.75) is 39.3 Å². The average molecular weight is 475 g/mol. The van der Waals surface area contributed by atoms with E-state index in [0.29, 0.717) is 17.8 Å². The predicted molar refractivity (Wildman–Crippen MR) is 138 cm³/mol. The second-order valence-corrected chi connectivity index (χ2v) is 9.45. The van der Waals surface area contributed by atoms with Crippen LogP contribution in [0.15, 0.2) is 65.6 Å². The van der Waals surface area contributed by atoms with Crippen LogP contribution in [0.3, 0.4) is 0 Å². The van der Waals surface area contributed by atoms with Crippen LogP contribution >= 0.6 is 0 Å². The summed E-state index contributed by atoms with van der Waals surface area (Å²) in [7, 11) is 0. The highest BCUT2D eigenvalue weighted by molar-refractivity contribution is 5.82. The summed E-state index contributed by atoms with van der Waals surface area (Å²) in [5.74, 6) is 0.147. The molecule has 2 amide bonds. The summed E-state index contributed by atoms with van der Waals surface area (Å²) >= 11 is 0. The first-order valence-electron chi connectivity index (χ1n) is 12.4. The molecular formula is C28H34N4O3. The zero-order valence-corrected chi connectivity index (χ0v) is 20.3. The minimum atomic E-state index is -0.281. The molecule has 3 aromatic rings. The van der Waals surface area contributed by atoms with E-state index in [0.717, 1.165) is 37.9 Å². The van der Waals surface area contributed by atoms with Crippen molar-refractivity contribution >= 4 is 22.6 Å². The average Bonchev–Trinajstić information content (AvgIpc) is 2.85. The maximum absolute atomic E-state index is 12.5. The van der Waals surface area contributed by atoms with E-state index < -0.39 is 0 Å². The molecule has 0 bridgehead atoms. The molecule has 184 valence electrons. The van der Waals surface area contributed by atoms with Crippen molar-refractivity contribution in [3.8, 4) is 0 Å². The minimum Gasteiger partial charge on any atom is -0.356 e. The summed E-state index contributed by atoms with van der Waals surface area (Å²) in [6.45, 7) is 6.05. The molecule has 7 heteroatoms. The molecule has 0 spiro atoms. The van der Waals surface area contributed by atoms with Crippen molar-refractivity contribution in [2.24, 2.45) is 5.92 Å². The first-order chi connectivity index (χ1) is 17.0. The number of aryl methyl sites for hydroxylation is 1. The second kappa shape index (κ2) is 11.8. The number of amides is 2. The highest BCUT2D eigenvalue weighted by Gasteiger charge is 2.20. The zero-order valence-electron chi connectivity index (χ0n) is 20.3. The maximum atomic E-state index is 12.5. The smallest absolute Gasteiger partial charge is 0.258 e. The maximum Gasteiger partial charge on any atom is 0.258 e. The number of carbonyl (C=O) groups is 2. The van der Waals surface area contributed by atoms with E-state index >= 15 is 0 Å². The third-order valence-corrected chi connectivity index (χ3v) is 6.66. The number of hydrogen-bond acceptors (Lipinski definition) is 4. The highest BCUT2D eigenvalue weighted by atomic mass is 16.2. The Morgan fingerprint density at radius 2 is 1.77 bits per heavy atom. The lowest BCUT2D eigenvalue weighted by molar-refractivity contribution is -0.122. The molecule has 1 fully saturated rings. The van der Waals surface area contributed by atoms with Crippen molar-refractivity contribution in [3.63, 3.8) is 0 Å². The van der Waals surface area contributed by atoms with E-state index in [-0.39, 0.29) is 36.9 Å². The van der Waals surface area contributed by atoms with E-state index in [9.17, 15) is 14.4 Å². The van der Waals surface area contributed by atoms with Crippen LogP contribution in [0, 0.1) is 12.8 Å². The minimum absolute atomic E-state index is 0.0598. The number of piperidine rings is 1. The molecule has 1 aliphatic heterocycles. The zero-order chi connectivity index (χ0) is 24.6. The quantitative estimate of drug-likeness (QED) is 0.500. The van der Waals surface area contributed by atoms with Gasteiger partial charge in [0.1, 0.15) is 6.54 Å². The third-order valence-electron chi connectivity index (χ3n) is 6.66. The van der Waals surface area contributed by atoms with Crippen LogP contribution in [0.25, 0.3) is 10.8 Å². The fourth-order valence-corrected chi connectivity index (χ4v) is 4.64. The molecule has 0 radical (unpaired) electrons. The lowest BCUT2D eigenvalue weighted by atomic mass is 9.96. The predicted octanol–water partition coefficient (Wildman–Crippen LogP) is 2.84. The van der Waals surface area contributed by atoms with Crippen LogP contribution in [0.2, 0.25) is 0 Å². The van der Waals surface area contributed by atoms with Gasteiger partial charge in [-0.3, -0.25) is 19.3 Å². The fraction of sp³-hybridized carbons (Fsp3) is 0.393. The summed E-state index contributed by atoms with van der Waals surface area (Å²) in [4.78, 5) is 39.5. The van der Waals surface area contributed by atoms with Crippen molar-refractivity contribution in [3.05, 3.63) is 82.3 Å². The Labute approximate surface area is 206 Å². The number of nitrogens with one attached hydrogen (secondary N) is 2. The summed E-state index contributed by atoms with van der Waals surface area (Å²) in [5.41, 5.74) is 2.45. The molecule has 7 nitrogen and oxygen atoms in total. The topological polar surface area (TPSA) is 83.4 Å². The van der Waals surface area contributed by atoms with Gasteiger partial charge in [0.25, 0.3) is 5.56 Å². The Morgan fingerprint density at radius 3 is 2.57 bits per heavy atom. The molecule has 2 N–H and O–H groups in total. The number of benzene rings is 2. The van der Waals surface area contributed by atoms with Gasteiger partial charge in [-0.1, -0.05) is 48.0 Å². The number of pyridine rings is 1. The highest BCUT2D eigenvalue weighted by Crippen LogP contribution is 2.19. The van der Waals surface area contributed by atoms with Gasteiger partial charge in [0.15, 0.2) is 0 Å². The fourth-order valence-electron chi connectivity index (χ4n) is 4.64. The van der Waals surface area contributed by atoms with Gasteiger partial charge in [-0.25, -0.2) is 0 Å². The summed E-state index contributed by atoms with van der Waals surface area (Å²) in [6, 6.07) is 17.8. The first kappa shape index (κ1) is 24.7. The normalized spacial score (nSPS) is 14.7. The standard InChI is InChI=1S/C28H34N4O3/c1-21-5-4-6-23(17-21)19-31-14-10-22(11-15-31)18-30-26(33)9-13-29-27(34)20-32-16-12-24-7-2-3-8-25(24)28(32)35/h2-8,12,16-17,22H,9-11,13-15,18-20H2,1H3,(H,29,34)(H,30,33). The number of nitrogens with zero attached hydrogens (tertiary/aromatic N) is 2. The van der Waals surface area contributed by atoms with Gasteiger partial charge >= 0.3 is 0 Å². The van der Waals surface area contributed by atoms with Gasteiger partial charge in [-0.15, -0.1) is 0 Å². The Kier molecular flexibility index (Phi) is 8.32. The number of aromatic nitrogens is 1. The van der Waals surface area contributed by atoms with Crippen LogP contribution < -0.4 is 16.2 Å². The molecule has 2 heterocycles. The van der Waals surface area contributed by atoms with Crippen LogP contribution in [-0.2, 0) is 22.7 Å². The summed E-state index contributed by atoms with van der Waals surface area (Å²) in [5, 5.41) is 7.19. The van der Waals surface area contributed by atoms with Gasteiger partial charge in [0.05, 0.1) is 0 Å². The van der Waals surface area contributed by atoms with E-state index in [1.54, 1.807) is 12.3 Å². The van der Waals surface area contributed by atoms with Crippen LogP contribution in [0.4, 0.5) is 0 Å². The largest absolute Gasteiger partial charge is 0.356 e. The number of carbonyl (C=O) groups excluding carboxylic acids is 2. The van der Waals surface area contributed by atoms with Crippen LogP contribution in [-0.4, -0.2) is 47.5 Å². The SMILES string of the molecule is Cc1cccc(CN2CCC(CNC(=O)CCNC(=O)Cn3ccc4ccccc4c3=O)CC2)c1. The molecule has 1 saturated heterocycles. The van der Waals surface area contributed by atoms with Gasteiger partial charge in [-0.2, -0.15) is 0 Å². The van der Waals surface area contributed by atoms with Crippen molar-refractivity contribution in [1.29, 1.82) is 0 Å². The molecule has 1 aromatic heterocycles. The van der Waals surface area contributed by atoms with Gasteiger partial charge in [0, 0.05) is 37.6 Å². The Morgan fingerprint density at radius 1 is 0.971 bits per heavy atom.